The van der Waals surface area contributed by atoms with Gasteiger partial charge >= 0.3 is 0 Å². The van der Waals surface area contributed by atoms with Gasteiger partial charge in [0, 0.05) is 18.4 Å². The van der Waals surface area contributed by atoms with E-state index in [4.69, 9.17) is 10.6 Å². The van der Waals surface area contributed by atoms with E-state index in [9.17, 15) is 8.78 Å². The molecule has 0 aliphatic carbocycles. The molecule has 2 rings (SSSR count). The van der Waals surface area contributed by atoms with Gasteiger partial charge in [-0.1, -0.05) is 6.07 Å². The molecule has 5 heteroatoms. The van der Waals surface area contributed by atoms with Gasteiger partial charge in [0.1, 0.15) is 17.4 Å². The van der Waals surface area contributed by atoms with E-state index in [0.29, 0.717) is 12.4 Å². The quantitative estimate of drug-likeness (QED) is 0.621. The molecule has 1 atom stereocenters. The normalized spacial score (nSPS) is 16.5. The summed E-state index contributed by atoms with van der Waals surface area (Å²) in [5, 5.41) is 0. The summed E-state index contributed by atoms with van der Waals surface area (Å²) in [6.45, 7) is 0.591. The molecule has 0 saturated carbocycles. The van der Waals surface area contributed by atoms with Gasteiger partial charge in [0.05, 0.1) is 12.6 Å². The standard InChI is InChI=1S/C12H14F2N2O/c13-9-3-1-4-10(14)8(9)7-11(16-15)12-5-2-6-17-12/h1,3-5,11,16H,2,6-7,15H2. The summed E-state index contributed by atoms with van der Waals surface area (Å²) < 4.78 is 32.3. The molecule has 1 unspecified atom stereocenters. The molecule has 0 spiro atoms. The van der Waals surface area contributed by atoms with Crippen LogP contribution in [0, 0.1) is 11.6 Å². The topological polar surface area (TPSA) is 47.3 Å². The SMILES string of the molecule is NNC(Cc1c(F)cccc1F)C1=CCCO1. The fraction of sp³-hybridized carbons (Fsp3) is 0.333. The van der Waals surface area contributed by atoms with Crippen LogP contribution in [0.2, 0.25) is 0 Å². The number of halogens is 2. The van der Waals surface area contributed by atoms with Crippen LogP contribution in [0.15, 0.2) is 30.0 Å². The minimum Gasteiger partial charge on any atom is -0.496 e. The number of ether oxygens (including phenoxy) is 1. The highest BCUT2D eigenvalue weighted by atomic mass is 19.1. The molecule has 17 heavy (non-hydrogen) atoms. The smallest absolute Gasteiger partial charge is 0.129 e. The zero-order valence-electron chi connectivity index (χ0n) is 9.25. The summed E-state index contributed by atoms with van der Waals surface area (Å²) in [5.74, 6) is 4.90. The van der Waals surface area contributed by atoms with Crippen molar-refractivity contribution in [2.45, 2.75) is 18.9 Å². The van der Waals surface area contributed by atoms with Gasteiger partial charge in [-0.2, -0.15) is 0 Å². The zero-order chi connectivity index (χ0) is 12.3. The van der Waals surface area contributed by atoms with Gasteiger partial charge in [0.2, 0.25) is 0 Å². The molecule has 3 N–H and O–H groups in total. The first-order valence-electron chi connectivity index (χ1n) is 5.44. The molecule has 0 aromatic heterocycles. The highest BCUT2D eigenvalue weighted by Gasteiger charge is 2.21. The van der Waals surface area contributed by atoms with Crippen LogP contribution in [-0.2, 0) is 11.2 Å². The van der Waals surface area contributed by atoms with Crippen LogP contribution in [0.1, 0.15) is 12.0 Å². The van der Waals surface area contributed by atoms with Gasteiger partial charge in [-0.25, -0.2) is 14.2 Å². The van der Waals surface area contributed by atoms with E-state index < -0.39 is 17.7 Å². The Morgan fingerprint density at radius 1 is 1.35 bits per heavy atom. The summed E-state index contributed by atoms with van der Waals surface area (Å²) in [6.07, 6.45) is 2.80. The summed E-state index contributed by atoms with van der Waals surface area (Å²) >= 11 is 0. The molecule has 1 aromatic carbocycles. The lowest BCUT2D eigenvalue weighted by molar-refractivity contribution is 0.214. The maximum atomic E-state index is 13.5. The van der Waals surface area contributed by atoms with Gasteiger partial charge in [0.25, 0.3) is 0 Å². The third-order valence-electron chi connectivity index (χ3n) is 2.75. The van der Waals surface area contributed by atoms with E-state index in [0.717, 1.165) is 6.42 Å². The molecule has 0 saturated heterocycles. The van der Waals surface area contributed by atoms with E-state index in [1.54, 1.807) is 0 Å². The molecular weight excluding hydrogens is 226 g/mol. The van der Waals surface area contributed by atoms with Crippen LogP contribution in [0.4, 0.5) is 8.78 Å². The Kier molecular flexibility index (Phi) is 3.71. The number of hydrogen-bond donors (Lipinski definition) is 2. The van der Waals surface area contributed by atoms with Crippen molar-refractivity contribution in [2.75, 3.05) is 6.61 Å². The first kappa shape index (κ1) is 12.0. The van der Waals surface area contributed by atoms with Crippen molar-refractivity contribution in [3.05, 3.63) is 47.2 Å². The van der Waals surface area contributed by atoms with Crippen molar-refractivity contribution in [1.29, 1.82) is 0 Å². The molecule has 0 amide bonds. The van der Waals surface area contributed by atoms with Crippen LogP contribution in [0.3, 0.4) is 0 Å². The van der Waals surface area contributed by atoms with E-state index in [1.807, 2.05) is 6.08 Å². The maximum Gasteiger partial charge on any atom is 0.129 e. The molecule has 0 bridgehead atoms. The fourth-order valence-corrected chi connectivity index (χ4v) is 1.85. The second-order valence-electron chi connectivity index (χ2n) is 3.87. The van der Waals surface area contributed by atoms with Gasteiger partial charge in [0.15, 0.2) is 0 Å². The van der Waals surface area contributed by atoms with E-state index >= 15 is 0 Å². The fourth-order valence-electron chi connectivity index (χ4n) is 1.85. The van der Waals surface area contributed by atoms with Crippen molar-refractivity contribution in [1.82, 2.24) is 5.43 Å². The predicted octanol–water partition coefficient (Wildman–Crippen LogP) is 1.64. The lowest BCUT2D eigenvalue weighted by atomic mass is 10.0. The second kappa shape index (κ2) is 5.25. The number of hydrogen-bond acceptors (Lipinski definition) is 3. The van der Waals surface area contributed by atoms with Gasteiger partial charge in [-0.15, -0.1) is 0 Å². The Balaban J connectivity index is 2.18. The van der Waals surface area contributed by atoms with E-state index in [1.165, 1.54) is 18.2 Å². The molecule has 3 nitrogen and oxygen atoms in total. The molecule has 0 radical (unpaired) electrons. The van der Waals surface area contributed by atoms with Crippen LogP contribution < -0.4 is 11.3 Å². The monoisotopic (exact) mass is 240 g/mol. The molecule has 1 aromatic rings. The van der Waals surface area contributed by atoms with Crippen LogP contribution >= 0.6 is 0 Å². The lowest BCUT2D eigenvalue weighted by Gasteiger charge is -2.17. The number of nitrogens with one attached hydrogen (secondary N) is 1. The maximum absolute atomic E-state index is 13.5. The number of benzene rings is 1. The van der Waals surface area contributed by atoms with Crippen LogP contribution in [0.5, 0.6) is 0 Å². The van der Waals surface area contributed by atoms with Crippen molar-refractivity contribution < 1.29 is 13.5 Å². The minimum absolute atomic E-state index is 0.0202. The predicted molar refractivity (Wildman–Crippen MR) is 59.8 cm³/mol. The molecule has 1 aliphatic heterocycles. The second-order valence-corrected chi connectivity index (χ2v) is 3.87. The van der Waals surface area contributed by atoms with Crippen molar-refractivity contribution in [3.8, 4) is 0 Å². The van der Waals surface area contributed by atoms with Crippen molar-refractivity contribution in [3.63, 3.8) is 0 Å². The van der Waals surface area contributed by atoms with Gasteiger partial charge in [-0.05, 0) is 18.2 Å². The lowest BCUT2D eigenvalue weighted by Crippen LogP contribution is -2.38. The minimum atomic E-state index is -0.566. The Hall–Kier alpha value is -1.46. The summed E-state index contributed by atoms with van der Waals surface area (Å²) in [7, 11) is 0. The van der Waals surface area contributed by atoms with E-state index in [2.05, 4.69) is 5.43 Å². The van der Waals surface area contributed by atoms with Gasteiger partial charge < -0.3 is 4.74 Å². The zero-order valence-corrected chi connectivity index (χ0v) is 9.25. The molecule has 1 aliphatic rings. The van der Waals surface area contributed by atoms with Crippen LogP contribution in [-0.4, -0.2) is 12.6 Å². The molecule has 1 heterocycles. The highest BCUT2D eigenvalue weighted by Crippen LogP contribution is 2.20. The van der Waals surface area contributed by atoms with E-state index in [-0.39, 0.29) is 12.0 Å². The average Bonchev–Trinajstić information content (AvgIpc) is 2.82. The third kappa shape index (κ3) is 2.62. The number of nitrogens with two attached hydrogens (primary N) is 1. The summed E-state index contributed by atoms with van der Waals surface area (Å²) in [4.78, 5) is 0. The molecule has 0 fully saturated rings. The summed E-state index contributed by atoms with van der Waals surface area (Å²) in [6, 6.07) is 3.40. The Morgan fingerprint density at radius 2 is 2.06 bits per heavy atom. The first-order valence-corrected chi connectivity index (χ1v) is 5.44. The Morgan fingerprint density at radius 3 is 2.59 bits per heavy atom. The largest absolute Gasteiger partial charge is 0.496 e. The number of hydrazine groups is 1. The summed E-state index contributed by atoms with van der Waals surface area (Å²) in [5.41, 5.74) is 2.54. The first-order chi connectivity index (χ1) is 8.22. The van der Waals surface area contributed by atoms with Gasteiger partial charge in [-0.3, -0.25) is 5.84 Å². The third-order valence-corrected chi connectivity index (χ3v) is 2.75. The average molecular weight is 240 g/mol. The Labute approximate surface area is 98.2 Å². The van der Waals surface area contributed by atoms with Crippen molar-refractivity contribution in [2.24, 2.45) is 5.84 Å². The van der Waals surface area contributed by atoms with Crippen LogP contribution in [0.25, 0.3) is 0 Å². The number of rotatable bonds is 4. The van der Waals surface area contributed by atoms with Crippen molar-refractivity contribution >= 4 is 0 Å². The molecule has 92 valence electrons. The highest BCUT2D eigenvalue weighted by molar-refractivity contribution is 5.23. The Bertz CT molecular complexity index is 414. The molecular formula is C12H14F2N2O.